The Hall–Kier alpha value is -2.55. The van der Waals surface area contributed by atoms with E-state index in [4.69, 9.17) is 0 Å². The zero-order valence-corrected chi connectivity index (χ0v) is 21.4. The molecule has 0 unspecified atom stereocenters. The molecule has 1 fully saturated rings. The van der Waals surface area contributed by atoms with E-state index in [0.29, 0.717) is 12.3 Å². The average molecular weight is 521 g/mol. The maximum absolute atomic E-state index is 13.2. The largest absolute Gasteiger partial charge is 0.349 e. The van der Waals surface area contributed by atoms with Gasteiger partial charge in [0.2, 0.25) is 5.92 Å². The van der Waals surface area contributed by atoms with Gasteiger partial charge in [-0.2, -0.15) is 0 Å². The Morgan fingerprint density at radius 2 is 1.89 bits per heavy atom. The van der Waals surface area contributed by atoms with Gasteiger partial charge in [0, 0.05) is 49.6 Å². The second-order valence-electron chi connectivity index (χ2n) is 10.5. The van der Waals surface area contributed by atoms with Crippen molar-refractivity contribution in [2.75, 3.05) is 19.6 Å². The highest BCUT2D eigenvalue weighted by Crippen LogP contribution is 2.28. The molecule has 0 spiro atoms. The van der Waals surface area contributed by atoms with Crippen LogP contribution in [0, 0.1) is 5.92 Å². The van der Waals surface area contributed by atoms with Crippen molar-refractivity contribution >= 4 is 5.91 Å². The third-order valence-corrected chi connectivity index (χ3v) is 7.63. The average Bonchev–Trinajstić information content (AvgIpc) is 3.08. The topological polar surface area (TPSA) is 58.1 Å². The molecule has 0 saturated heterocycles. The van der Waals surface area contributed by atoms with Gasteiger partial charge in [0.05, 0.1) is 5.56 Å². The molecule has 2 aromatic rings. The molecule has 1 amide bonds. The van der Waals surface area contributed by atoms with Gasteiger partial charge in [-0.05, 0) is 88.1 Å². The molecule has 5 nitrogen and oxygen atoms in total. The molecule has 1 aliphatic heterocycles. The highest BCUT2D eigenvalue weighted by atomic mass is 19.3. The van der Waals surface area contributed by atoms with Crippen LogP contribution >= 0.6 is 0 Å². The molecule has 0 aromatic carbocycles. The number of hydrogen-bond acceptors (Lipinski definition) is 4. The number of carbonyl (C=O) groups excluding carboxylic acids is 1. The van der Waals surface area contributed by atoms with Crippen LogP contribution in [0.2, 0.25) is 0 Å². The van der Waals surface area contributed by atoms with E-state index >= 15 is 0 Å². The number of aromatic nitrogens is 2. The first-order valence-corrected chi connectivity index (χ1v) is 13.3. The molecule has 0 atom stereocenters. The summed E-state index contributed by atoms with van der Waals surface area (Å²) in [6.45, 7) is 3.82. The van der Waals surface area contributed by atoms with Gasteiger partial charge in [-0.25, -0.2) is 17.6 Å². The first-order valence-electron chi connectivity index (χ1n) is 13.3. The normalized spacial score (nSPS) is 20.9. The van der Waals surface area contributed by atoms with Crippen LogP contribution in [0.1, 0.15) is 84.9 Å². The first-order chi connectivity index (χ1) is 17.7. The molecule has 202 valence electrons. The van der Waals surface area contributed by atoms with E-state index in [1.165, 1.54) is 23.9 Å². The van der Waals surface area contributed by atoms with Crippen molar-refractivity contribution in [1.82, 2.24) is 20.2 Å². The molecule has 0 bridgehead atoms. The van der Waals surface area contributed by atoms with Crippen LogP contribution in [0.4, 0.5) is 17.6 Å². The minimum atomic E-state index is -2.78. The molecule has 3 heterocycles. The Balaban J connectivity index is 1.20. The first kappa shape index (κ1) is 27.5. The van der Waals surface area contributed by atoms with Gasteiger partial charge in [0.15, 0.2) is 0 Å². The van der Waals surface area contributed by atoms with E-state index < -0.39 is 23.9 Å². The second kappa shape index (κ2) is 12.3. The van der Waals surface area contributed by atoms with Crippen molar-refractivity contribution in [2.24, 2.45) is 5.92 Å². The number of nitrogens with one attached hydrogen (secondary N) is 1. The highest BCUT2D eigenvalue weighted by Gasteiger charge is 2.26. The predicted octanol–water partition coefficient (Wildman–Crippen LogP) is 5.78. The summed E-state index contributed by atoms with van der Waals surface area (Å²) in [5, 5.41) is 2.93. The van der Waals surface area contributed by atoms with Crippen molar-refractivity contribution in [3.8, 4) is 0 Å². The van der Waals surface area contributed by atoms with Gasteiger partial charge in [0.25, 0.3) is 12.3 Å². The minimum absolute atomic E-state index is 0.00454. The second-order valence-corrected chi connectivity index (χ2v) is 10.5. The fourth-order valence-electron chi connectivity index (χ4n) is 5.39. The Kier molecular flexibility index (Phi) is 9.16. The van der Waals surface area contributed by atoms with Crippen LogP contribution in [0.3, 0.4) is 0 Å². The van der Waals surface area contributed by atoms with Crippen molar-refractivity contribution in [2.45, 2.75) is 83.1 Å². The number of fused-ring (bicyclic) bond motifs is 1. The van der Waals surface area contributed by atoms with Crippen LogP contribution in [-0.4, -0.2) is 52.4 Å². The lowest BCUT2D eigenvalue weighted by molar-refractivity contribution is 0.0130. The minimum Gasteiger partial charge on any atom is -0.349 e. The maximum atomic E-state index is 13.2. The molecule has 1 aliphatic carbocycles. The summed E-state index contributed by atoms with van der Waals surface area (Å²) >= 11 is 0. The lowest BCUT2D eigenvalue weighted by Gasteiger charge is -2.31. The number of hydrogen-bond donors (Lipinski definition) is 1. The van der Waals surface area contributed by atoms with Gasteiger partial charge < -0.3 is 10.2 Å². The summed E-state index contributed by atoms with van der Waals surface area (Å²) in [5.74, 6) is -2.57. The zero-order valence-electron chi connectivity index (χ0n) is 21.4. The molecule has 37 heavy (non-hydrogen) atoms. The van der Waals surface area contributed by atoms with E-state index in [1.54, 1.807) is 0 Å². The number of carbonyl (C=O) groups is 1. The van der Waals surface area contributed by atoms with Crippen LogP contribution in [-0.2, 0) is 19.3 Å². The Morgan fingerprint density at radius 1 is 1.14 bits per heavy atom. The zero-order chi connectivity index (χ0) is 26.4. The van der Waals surface area contributed by atoms with Crippen LogP contribution in [0.15, 0.2) is 30.5 Å². The quantitative estimate of drug-likeness (QED) is 0.426. The lowest BCUT2D eigenvalue weighted by atomic mass is 9.84. The van der Waals surface area contributed by atoms with Crippen LogP contribution in [0.5, 0.6) is 0 Å². The molecular weight excluding hydrogens is 484 g/mol. The molecule has 9 heteroatoms. The summed E-state index contributed by atoms with van der Waals surface area (Å²) in [6.07, 6.45) is 5.12. The molecule has 1 saturated carbocycles. The van der Waals surface area contributed by atoms with Gasteiger partial charge in [-0.15, -0.1) is 0 Å². The number of aryl methyl sites for hydroxylation is 1. The van der Waals surface area contributed by atoms with E-state index in [-0.39, 0.29) is 18.0 Å². The Bertz CT molecular complexity index is 1050. The third-order valence-electron chi connectivity index (χ3n) is 7.63. The van der Waals surface area contributed by atoms with Crippen molar-refractivity contribution in [3.63, 3.8) is 0 Å². The van der Waals surface area contributed by atoms with Crippen molar-refractivity contribution in [3.05, 3.63) is 58.7 Å². The fraction of sp³-hybridized carbons (Fsp3) is 0.607. The summed E-state index contributed by atoms with van der Waals surface area (Å²) in [4.78, 5) is 23.4. The molecule has 2 aliphatic rings. The highest BCUT2D eigenvalue weighted by molar-refractivity contribution is 5.95. The van der Waals surface area contributed by atoms with E-state index in [1.807, 2.05) is 6.07 Å². The predicted molar refractivity (Wildman–Crippen MR) is 134 cm³/mol. The van der Waals surface area contributed by atoms with Crippen LogP contribution < -0.4 is 5.32 Å². The molecular formula is C28H36F4N4O. The smallest absolute Gasteiger partial charge is 0.281 e. The molecule has 2 aromatic heterocycles. The van der Waals surface area contributed by atoms with E-state index in [2.05, 4.69) is 26.3 Å². The lowest BCUT2D eigenvalue weighted by Crippen LogP contribution is -2.38. The monoisotopic (exact) mass is 520 g/mol. The number of nitrogens with zero attached hydrogens (tertiary/aromatic N) is 3. The van der Waals surface area contributed by atoms with E-state index in [9.17, 15) is 22.4 Å². The Labute approximate surface area is 216 Å². The van der Waals surface area contributed by atoms with Crippen LogP contribution in [0.25, 0.3) is 0 Å². The molecule has 4 rings (SSSR count). The number of pyridine rings is 2. The SMILES string of the molecule is CC(F)(F)CCc1ccc2c(n1)CCN(CCC1CCC(NC(=O)c3cccnc3C(F)F)CC1)CC2. The third kappa shape index (κ3) is 7.97. The van der Waals surface area contributed by atoms with Gasteiger partial charge >= 0.3 is 0 Å². The summed E-state index contributed by atoms with van der Waals surface area (Å²) in [7, 11) is 0. The number of rotatable bonds is 9. The van der Waals surface area contributed by atoms with Gasteiger partial charge in [0.1, 0.15) is 5.69 Å². The number of amides is 1. The fourth-order valence-corrected chi connectivity index (χ4v) is 5.39. The number of halogens is 4. The standard InChI is InChI=1S/C28H36F4N4O/c1-28(31,32)14-10-22-9-6-20-12-17-36(18-13-24(20)34-22)16-11-19-4-7-21(8-5-19)35-27(37)23-3-2-15-33-25(23)26(29)30/h2-3,6,9,15,19,21,26H,4-5,7-8,10-14,16-18H2,1H3,(H,35,37). The van der Waals surface area contributed by atoms with Crippen molar-refractivity contribution in [1.29, 1.82) is 0 Å². The summed E-state index contributed by atoms with van der Waals surface area (Å²) < 4.78 is 52.8. The van der Waals surface area contributed by atoms with Gasteiger partial charge in [-0.1, -0.05) is 6.07 Å². The number of alkyl halides is 4. The van der Waals surface area contributed by atoms with E-state index in [0.717, 1.165) is 82.9 Å². The van der Waals surface area contributed by atoms with Crippen molar-refractivity contribution < 1.29 is 22.4 Å². The Morgan fingerprint density at radius 3 is 2.62 bits per heavy atom. The van der Waals surface area contributed by atoms with Gasteiger partial charge in [-0.3, -0.25) is 14.8 Å². The summed E-state index contributed by atoms with van der Waals surface area (Å²) in [6, 6.07) is 6.84. The summed E-state index contributed by atoms with van der Waals surface area (Å²) in [5.41, 5.74) is 2.48. The maximum Gasteiger partial charge on any atom is 0.281 e. The molecule has 0 radical (unpaired) electrons. The molecule has 1 N–H and O–H groups in total.